The van der Waals surface area contributed by atoms with Gasteiger partial charge in [0.2, 0.25) is 5.91 Å². The first-order valence-electron chi connectivity index (χ1n) is 6.98. The molecule has 1 amide bonds. The van der Waals surface area contributed by atoms with Crippen LogP contribution in [0.15, 0.2) is 0 Å². The van der Waals surface area contributed by atoms with Gasteiger partial charge in [0.25, 0.3) is 0 Å². The third kappa shape index (κ3) is 5.97. The Hall–Kier alpha value is -0.330. The lowest BCUT2D eigenvalue weighted by molar-refractivity contribution is -0.138. The van der Waals surface area contributed by atoms with Crippen molar-refractivity contribution in [3.63, 3.8) is 0 Å². The zero-order chi connectivity index (χ0) is 14.6. The van der Waals surface area contributed by atoms with Crippen LogP contribution >= 0.6 is 12.4 Å². The molecule has 0 bridgehead atoms. The van der Waals surface area contributed by atoms with Gasteiger partial charge in [-0.2, -0.15) is 0 Å². The maximum atomic E-state index is 12.5. The number of amides is 1. The van der Waals surface area contributed by atoms with E-state index in [0.717, 1.165) is 25.7 Å². The Labute approximate surface area is 128 Å². The van der Waals surface area contributed by atoms with Crippen LogP contribution in [0.25, 0.3) is 0 Å². The molecule has 0 aromatic rings. The van der Waals surface area contributed by atoms with Crippen molar-refractivity contribution in [3.8, 4) is 0 Å². The SMILES string of the molecule is CCN(C(=O)C1CCCC(N)C1)C(C)CS(C)(=O)=O.Cl. The van der Waals surface area contributed by atoms with E-state index in [1.165, 1.54) is 6.26 Å². The maximum absolute atomic E-state index is 12.5. The molecule has 0 radical (unpaired) electrons. The standard InChI is InChI=1S/C13H26N2O3S.ClH/c1-4-15(10(2)9-19(3,17)18)13(16)11-6-5-7-12(14)8-11;/h10-12H,4-9,14H2,1-3H3;1H. The Kier molecular flexibility index (Phi) is 8.06. The third-order valence-electron chi connectivity index (χ3n) is 3.76. The summed E-state index contributed by atoms with van der Waals surface area (Å²) in [6.45, 7) is 4.23. The summed E-state index contributed by atoms with van der Waals surface area (Å²) in [5.74, 6) is 0.0465. The molecular weight excluding hydrogens is 300 g/mol. The summed E-state index contributed by atoms with van der Waals surface area (Å²) in [6, 6.07) is -0.169. The molecule has 1 rings (SSSR count). The highest BCUT2D eigenvalue weighted by atomic mass is 35.5. The molecule has 0 aliphatic heterocycles. The van der Waals surface area contributed by atoms with E-state index in [1.807, 2.05) is 6.92 Å². The number of nitrogens with zero attached hydrogens (tertiary/aromatic N) is 1. The van der Waals surface area contributed by atoms with Crippen molar-refractivity contribution in [3.05, 3.63) is 0 Å². The molecule has 0 aromatic carbocycles. The van der Waals surface area contributed by atoms with Crippen LogP contribution in [0.4, 0.5) is 0 Å². The van der Waals surface area contributed by atoms with Gasteiger partial charge in [0.05, 0.1) is 5.75 Å². The molecule has 0 aromatic heterocycles. The van der Waals surface area contributed by atoms with E-state index in [1.54, 1.807) is 11.8 Å². The predicted octanol–water partition coefficient (Wildman–Crippen LogP) is 1.21. The van der Waals surface area contributed by atoms with E-state index in [2.05, 4.69) is 0 Å². The van der Waals surface area contributed by atoms with E-state index in [0.29, 0.717) is 6.54 Å². The average Bonchev–Trinajstić information content (AvgIpc) is 2.27. The molecule has 120 valence electrons. The van der Waals surface area contributed by atoms with Crippen molar-refractivity contribution in [2.75, 3.05) is 18.6 Å². The fourth-order valence-electron chi connectivity index (χ4n) is 2.90. The van der Waals surface area contributed by atoms with Gasteiger partial charge in [0, 0.05) is 30.8 Å². The largest absolute Gasteiger partial charge is 0.339 e. The normalized spacial score (nSPS) is 24.6. The number of rotatable bonds is 5. The van der Waals surface area contributed by atoms with E-state index in [-0.39, 0.29) is 42.1 Å². The Morgan fingerprint density at radius 1 is 1.40 bits per heavy atom. The van der Waals surface area contributed by atoms with Gasteiger partial charge in [-0.3, -0.25) is 4.79 Å². The van der Waals surface area contributed by atoms with Crippen LogP contribution in [-0.2, 0) is 14.6 Å². The highest BCUT2D eigenvalue weighted by Crippen LogP contribution is 2.25. The molecule has 1 aliphatic carbocycles. The topological polar surface area (TPSA) is 80.5 Å². The first kappa shape index (κ1) is 19.7. The summed E-state index contributed by atoms with van der Waals surface area (Å²) >= 11 is 0. The van der Waals surface area contributed by atoms with Gasteiger partial charge < -0.3 is 10.6 Å². The van der Waals surface area contributed by atoms with Crippen LogP contribution in [0.5, 0.6) is 0 Å². The van der Waals surface area contributed by atoms with E-state index >= 15 is 0 Å². The molecule has 0 heterocycles. The molecule has 1 aliphatic rings. The second kappa shape index (κ2) is 8.20. The first-order chi connectivity index (χ1) is 8.74. The second-order valence-corrected chi connectivity index (χ2v) is 7.87. The Bertz CT molecular complexity index is 414. The van der Waals surface area contributed by atoms with Crippen LogP contribution in [0.2, 0.25) is 0 Å². The van der Waals surface area contributed by atoms with E-state index in [4.69, 9.17) is 5.73 Å². The summed E-state index contributed by atoms with van der Waals surface area (Å²) < 4.78 is 22.7. The number of halogens is 1. The van der Waals surface area contributed by atoms with E-state index < -0.39 is 9.84 Å². The van der Waals surface area contributed by atoms with Crippen molar-refractivity contribution in [1.29, 1.82) is 0 Å². The van der Waals surface area contributed by atoms with Crippen molar-refractivity contribution in [2.24, 2.45) is 11.7 Å². The summed E-state index contributed by atoms with van der Waals surface area (Å²) in [7, 11) is -3.07. The van der Waals surface area contributed by atoms with Crippen LogP contribution in [0, 0.1) is 5.92 Å². The number of carbonyl (C=O) groups is 1. The van der Waals surface area contributed by atoms with Crippen LogP contribution in [0.1, 0.15) is 39.5 Å². The van der Waals surface area contributed by atoms with Gasteiger partial charge >= 0.3 is 0 Å². The molecule has 0 saturated heterocycles. The van der Waals surface area contributed by atoms with Crippen molar-refractivity contribution >= 4 is 28.2 Å². The number of hydrogen-bond donors (Lipinski definition) is 1. The second-order valence-electron chi connectivity index (χ2n) is 5.69. The van der Waals surface area contributed by atoms with Gasteiger partial charge in [-0.05, 0) is 33.1 Å². The summed E-state index contributed by atoms with van der Waals surface area (Å²) in [4.78, 5) is 14.2. The Morgan fingerprint density at radius 2 is 2.00 bits per heavy atom. The van der Waals surface area contributed by atoms with Crippen LogP contribution in [-0.4, -0.2) is 49.9 Å². The number of sulfone groups is 1. The minimum Gasteiger partial charge on any atom is -0.339 e. The zero-order valence-corrected chi connectivity index (χ0v) is 14.2. The van der Waals surface area contributed by atoms with Gasteiger partial charge in [-0.15, -0.1) is 12.4 Å². The Balaban J connectivity index is 0.00000361. The third-order valence-corrected chi connectivity index (χ3v) is 4.85. The summed E-state index contributed by atoms with van der Waals surface area (Å²) in [5.41, 5.74) is 5.92. The average molecular weight is 327 g/mol. The first-order valence-corrected chi connectivity index (χ1v) is 9.04. The molecule has 5 nitrogen and oxygen atoms in total. The lowest BCUT2D eigenvalue weighted by Gasteiger charge is -2.34. The molecule has 3 unspecified atom stereocenters. The molecule has 7 heteroatoms. The van der Waals surface area contributed by atoms with Crippen LogP contribution < -0.4 is 5.73 Å². The Morgan fingerprint density at radius 3 is 2.45 bits per heavy atom. The monoisotopic (exact) mass is 326 g/mol. The predicted molar refractivity (Wildman–Crippen MR) is 83.7 cm³/mol. The lowest BCUT2D eigenvalue weighted by atomic mass is 9.85. The quantitative estimate of drug-likeness (QED) is 0.823. The highest BCUT2D eigenvalue weighted by Gasteiger charge is 2.31. The molecule has 3 atom stereocenters. The fourth-order valence-corrected chi connectivity index (χ4v) is 3.96. The molecule has 1 fully saturated rings. The lowest BCUT2D eigenvalue weighted by Crippen LogP contribution is -2.46. The molecule has 2 N–H and O–H groups in total. The summed E-state index contributed by atoms with van der Waals surface area (Å²) in [6.07, 6.45) is 4.76. The molecular formula is C13H27ClN2O3S. The van der Waals surface area contributed by atoms with E-state index in [9.17, 15) is 13.2 Å². The van der Waals surface area contributed by atoms with Crippen molar-refractivity contribution in [2.45, 2.75) is 51.6 Å². The summed E-state index contributed by atoms with van der Waals surface area (Å²) in [5, 5.41) is 0. The number of nitrogens with two attached hydrogens (primary N) is 1. The minimum atomic E-state index is -3.07. The molecule has 1 saturated carbocycles. The molecule has 20 heavy (non-hydrogen) atoms. The molecule has 0 spiro atoms. The van der Waals surface area contributed by atoms with Crippen molar-refractivity contribution in [1.82, 2.24) is 4.90 Å². The zero-order valence-electron chi connectivity index (χ0n) is 12.5. The number of hydrogen-bond acceptors (Lipinski definition) is 4. The van der Waals surface area contributed by atoms with Gasteiger partial charge in [-0.1, -0.05) is 6.42 Å². The minimum absolute atomic E-state index is 0. The van der Waals surface area contributed by atoms with Crippen molar-refractivity contribution < 1.29 is 13.2 Å². The smallest absolute Gasteiger partial charge is 0.225 e. The van der Waals surface area contributed by atoms with Gasteiger partial charge in [-0.25, -0.2) is 8.42 Å². The fraction of sp³-hybridized carbons (Fsp3) is 0.923. The van der Waals surface area contributed by atoms with Gasteiger partial charge in [0.15, 0.2) is 0 Å². The van der Waals surface area contributed by atoms with Gasteiger partial charge in [0.1, 0.15) is 9.84 Å². The maximum Gasteiger partial charge on any atom is 0.225 e. The highest BCUT2D eigenvalue weighted by molar-refractivity contribution is 7.90. The van der Waals surface area contributed by atoms with Crippen LogP contribution in [0.3, 0.4) is 0 Å². The number of carbonyl (C=O) groups excluding carboxylic acids is 1.